The number of hydrogen-bond donors (Lipinski definition) is 0. The van der Waals surface area contributed by atoms with Crippen molar-refractivity contribution in [3.63, 3.8) is 0 Å². The molecular weight excluding hydrogens is 794 g/mol. The molecule has 0 bridgehead atoms. The SMILES string of the molecule is F[PH+](F)C[PH+](F)F.F[PH+](F)C[PH+](F)F.[C-]#N.[C-]#N.[C-]#N.[C-]#N.[Pt].[Pt]. The first-order valence-corrected chi connectivity index (χ1v) is 9.67. The molecule has 4 nitrogen and oxygen atoms in total. The van der Waals surface area contributed by atoms with Crippen molar-refractivity contribution in [2.45, 2.75) is 0 Å². The van der Waals surface area contributed by atoms with Crippen LogP contribution in [0.1, 0.15) is 0 Å². The van der Waals surface area contributed by atoms with Crippen molar-refractivity contribution in [2.24, 2.45) is 0 Å². The van der Waals surface area contributed by atoms with E-state index >= 15 is 0 Å². The standard InChI is InChI=1S/2CH2F4P2.4CN.2Pt/c2*2-6(3)1-7(4)5;4*1-2;;/h2*1H2;;;;;;/q;;4*-1;;/p+4. The molecule has 0 spiro atoms. The molecule has 0 saturated carbocycles. The van der Waals surface area contributed by atoms with E-state index in [0.29, 0.717) is 0 Å². The number of hydrogen-bond acceptors (Lipinski definition) is 4. The molecule has 0 amide bonds. The summed E-state index contributed by atoms with van der Waals surface area (Å²) in [5.74, 6) is -2.20. The molecule has 0 saturated heterocycles. The number of halogens is 8. The fraction of sp³-hybridized carbons (Fsp3) is 0.333. The van der Waals surface area contributed by atoms with Gasteiger partial charge in [-0.2, -0.15) is 0 Å². The zero-order valence-electron chi connectivity index (χ0n) is 10.9. The molecule has 24 heavy (non-hydrogen) atoms. The van der Waals surface area contributed by atoms with Gasteiger partial charge in [0.25, 0.3) is 11.8 Å². The number of rotatable bonds is 4. The van der Waals surface area contributed by atoms with Crippen LogP contribution in [0.3, 0.4) is 0 Å². The molecule has 0 aliphatic carbocycles. The summed E-state index contributed by atoms with van der Waals surface area (Å²) >= 11 is 0. The Balaban J connectivity index is -0.0000000237. The summed E-state index contributed by atoms with van der Waals surface area (Å²) in [6.45, 7) is 19.0. The first-order chi connectivity index (χ1) is 10.3. The summed E-state index contributed by atoms with van der Waals surface area (Å²) in [6.07, 6.45) is 0. The molecule has 0 rings (SSSR count). The topological polar surface area (TPSA) is 95.2 Å². The van der Waals surface area contributed by atoms with Crippen molar-refractivity contribution in [3.8, 4) is 0 Å². The Morgan fingerprint density at radius 2 is 0.500 bits per heavy atom. The summed E-state index contributed by atoms with van der Waals surface area (Å²) in [7, 11) is -14.6. The zero-order valence-corrected chi connectivity index (χ0v) is 19.4. The van der Waals surface area contributed by atoms with E-state index in [1.807, 2.05) is 0 Å². The predicted molar refractivity (Wildman–Crippen MR) is 71.7 cm³/mol. The van der Waals surface area contributed by atoms with Crippen LogP contribution in [0.25, 0.3) is 0 Å². The van der Waals surface area contributed by atoms with Gasteiger partial charge in [0.1, 0.15) is 0 Å². The van der Waals surface area contributed by atoms with E-state index in [0.717, 1.165) is 0 Å². The number of nitrogens with zero attached hydrogens (tertiary/aromatic N) is 4. The molecule has 0 atom stereocenters. The van der Waals surface area contributed by atoms with E-state index in [4.69, 9.17) is 47.3 Å². The van der Waals surface area contributed by atoms with Crippen LogP contribution in [0.15, 0.2) is 0 Å². The summed E-state index contributed by atoms with van der Waals surface area (Å²) < 4.78 is 87.5. The Labute approximate surface area is 168 Å². The largest absolute Gasteiger partial charge is 0.512 e. The maximum Gasteiger partial charge on any atom is 0.418 e. The fourth-order valence-corrected chi connectivity index (χ4v) is 1.82. The monoisotopic (exact) mass is 802 g/mol. The van der Waals surface area contributed by atoms with Crippen LogP contribution in [-0.4, -0.2) is 11.8 Å². The van der Waals surface area contributed by atoms with E-state index in [2.05, 4.69) is 0 Å². The Kier molecular flexibility index (Phi) is 117. The molecule has 0 unspecified atom stereocenters. The second-order valence-electron chi connectivity index (χ2n) is 1.71. The minimum atomic E-state index is -3.64. The van der Waals surface area contributed by atoms with Gasteiger partial charge in [0.05, 0.1) is 0 Å². The second kappa shape index (κ2) is 56.6. The zero-order chi connectivity index (χ0) is 19.7. The van der Waals surface area contributed by atoms with E-state index in [9.17, 15) is 33.6 Å². The van der Waals surface area contributed by atoms with Crippen molar-refractivity contribution in [3.05, 3.63) is 26.3 Å². The Hall–Kier alpha value is 0.497. The molecule has 0 aliphatic rings. The Morgan fingerprint density at radius 1 is 0.417 bits per heavy atom. The third-order valence-electron chi connectivity index (χ3n) is 0.535. The van der Waals surface area contributed by atoms with Crippen molar-refractivity contribution in [2.75, 3.05) is 11.8 Å². The van der Waals surface area contributed by atoms with Crippen LogP contribution < -0.4 is 0 Å². The van der Waals surface area contributed by atoms with Gasteiger partial charge in [-0.3, -0.25) is 0 Å². The fourth-order valence-electron chi connectivity index (χ4n) is 0.202. The minimum Gasteiger partial charge on any atom is -0.512 e. The van der Waals surface area contributed by atoms with Crippen LogP contribution in [-0.2, 0) is 42.1 Å². The molecule has 0 aliphatic heterocycles. The Morgan fingerprint density at radius 3 is 0.500 bits per heavy atom. The van der Waals surface area contributed by atoms with Gasteiger partial charge in [0.15, 0.2) is 0 Å². The molecule has 0 N–H and O–H groups in total. The van der Waals surface area contributed by atoms with Gasteiger partial charge in [-0.25, -0.2) is 0 Å². The average Bonchev–Trinajstić information content (AvgIpc) is 2.45. The van der Waals surface area contributed by atoms with Crippen LogP contribution >= 0.6 is 34.2 Å². The quantitative estimate of drug-likeness (QED) is 0.192. The van der Waals surface area contributed by atoms with E-state index < -0.39 is 46.0 Å². The molecule has 0 aromatic rings. The van der Waals surface area contributed by atoms with Crippen molar-refractivity contribution in [1.29, 1.82) is 21.0 Å². The van der Waals surface area contributed by atoms with Gasteiger partial charge in [-0.1, -0.05) is 0 Å². The maximum absolute atomic E-state index is 10.9. The molecule has 0 aromatic carbocycles. The van der Waals surface area contributed by atoms with E-state index in [1.54, 1.807) is 0 Å². The van der Waals surface area contributed by atoms with Gasteiger partial charge in [-0.15, -0.1) is 0 Å². The first-order valence-electron chi connectivity index (χ1n) is 3.82. The smallest absolute Gasteiger partial charge is 0.418 e. The summed E-state index contributed by atoms with van der Waals surface area (Å²) in [5.41, 5.74) is 0. The average molecular weight is 802 g/mol. The van der Waals surface area contributed by atoms with Crippen LogP contribution in [0, 0.1) is 47.3 Å². The first kappa shape index (κ1) is 49.7. The van der Waals surface area contributed by atoms with Crippen molar-refractivity contribution < 1.29 is 75.7 Å². The molecular formula is C6H8F8N4P4Pt2. The second-order valence-corrected chi connectivity index (χ2v) is 7.25. The molecule has 0 fully saturated rings. The van der Waals surface area contributed by atoms with Gasteiger partial charge in [-0.05, 0) is 33.6 Å². The van der Waals surface area contributed by atoms with Crippen molar-refractivity contribution in [1.82, 2.24) is 0 Å². The summed E-state index contributed by atoms with van der Waals surface area (Å²) in [4.78, 5) is 0. The maximum atomic E-state index is 10.9. The van der Waals surface area contributed by atoms with Crippen molar-refractivity contribution >= 4 is 34.2 Å². The summed E-state index contributed by atoms with van der Waals surface area (Å²) in [5, 5.41) is 25.0. The normalized spacial score (nSPS) is 6.83. The van der Waals surface area contributed by atoms with Gasteiger partial charge in [0, 0.05) is 42.1 Å². The summed E-state index contributed by atoms with van der Waals surface area (Å²) in [6, 6.07) is 0. The molecule has 0 radical (unpaired) electrons. The van der Waals surface area contributed by atoms with Gasteiger partial charge in [0.2, 0.25) is 0 Å². The minimum absolute atomic E-state index is 0. The molecule has 148 valence electrons. The van der Waals surface area contributed by atoms with Crippen LogP contribution in [0.2, 0.25) is 0 Å². The Bertz CT molecular complexity index is 220. The predicted octanol–water partition coefficient (Wildman–Crippen LogP) is 6.20. The third-order valence-corrected chi connectivity index (χ3v) is 4.81. The molecule has 0 aromatic heterocycles. The van der Waals surface area contributed by atoms with E-state index in [1.165, 1.54) is 0 Å². The van der Waals surface area contributed by atoms with Crippen LogP contribution in [0.4, 0.5) is 33.6 Å². The molecule has 0 heterocycles. The van der Waals surface area contributed by atoms with Gasteiger partial charge < -0.3 is 47.3 Å². The molecule has 18 heteroatoms. The van der Waals surface area contributed by atoms with E-state index in [-0.39, 0.29) is 42.1 Å². The van der Waals surface area contributed by atoms with Crippen LogP contribution in [0.5, 0.6) is 0 Å². The van der Waals surface area contributed by atoms with Gasteiger partial charge >= 0.3 is 34.2 Å². The third kappa shape index (κ3) is 144.